The molecule has 7 heteroatoms. The highest BCUT2D eigenvalue weighted by Crippen LogP contribution is 2.26. The molecule has 102 valence electrons. The lowest BCUT2D eigenvalue weighted by Gasteiger charge is -2.07. The SMILES string of the molecule is CCc1nn(CC)c(CSC[C@H](N)C(=O)O)c1Br. The van der Waals surface area contributed by atoms with E-state index in [4.69, 9.17) is 10.8 Å². The summed E-state index contributed by atoms with van der Waals surface area (Å²) in [7, 11) is 0. The van der Waals surface area contributed by atoms with Crippen molar-refractivity contribution in [1.82, 2.24) is 9.78 Å². The van der Waals surface area contributed by atoms with Crippen molar-refractivity contribution in [3.63, 3.8) is 0 Å². The first kappa shape index (κ1) is 15.5. The number of nitrogens with two attached hydrogens (primary N) is 1. The van der Waals surface area contributed by atoms with Gasteiger partial charge in [-0.15, -0.1) is 0 Å². The first-order chi connectivity index (χ1) is 8.51. The van der Waals surface area contributed by atoms with Crippen molar-refractivity contribution in [1.29, 1.82) is 0 Å². The lowest BCUT2D eigenvalue weighted by atomic mass is 10.3. The van der Waals surface area contributed by atoms with Gasteiger partial charge in [0.25, 0.3) is 0 Å². The van der Waals surface area contributed by atoms with Gasteiger partial charge in [-0.05, 0) is 29.3 Å². The number of aryl methyl sites for hydroxylation is 2. The maximum Gasteiger partial charge on any atom is 0.321 e. The Morgan fingerprint density at radius 1 is 1.61 bits per heavy atom. The molecule has 0 radical (unpaired) electrons. The van der Waals surface area contributed by atoms with Crippen molar-refractivity contribution in [3.8, 4) is 0 Å². The van der Waals surface area contributed by atoms with Crippen LogP contribution in [0.2, 0.25) is 0 Å². The van der Waals surface area contributed by atoms with Gasteiger partial charge < -0.3 is 10.8 Å². The molecule has 0 unspecified atom stereocenters. The smallest absolute Gasteiger partial charge is 0.321 e. The van der Waals surface area contributed by atoms with Crippen LogP contribution in [0, 0.1) is 0 Å². The summed E-state index contributed by atoms with van der Waals surface area (Å²) < 4.78 is 2.98. The quantitative estimate of drug-likeness (QED) is 0.794. The Hall–Kier alpha value is -0.530. The molecule has 0 aliphatic carbocycles. The molecule has 0 aliphatic rings. The molecule has 5 nitrogen and oxygen atoms in total. The molecule has 0 fully saturated rings. The number of aliphatic carboxylic acids is 1. The van der Waals surface area contributed by atoms with Crippen LogP contribution >= 0.6 is 27.7 Å². The summed E-state index contributed by atoms with van der Waals surface area (Å²) in [5.74, 6) is 0.153. The van der Waals surface area contributed by atoms with E-state index in [2.05, 4.69) is 28.0 Å². The van der Waals surface area contributed by atoms with Gasteiger partial charge in [0, 0.05) is 18.1 Å². The van der Waals surface area contributed by atoms with E-state index in [0.717, 1.165) is 28.8 Å². The highest BCUT2D eigenvalue weighted by molar-refractivity contribution is 9.10. The normalized spacial score (nSPS) is 12.7. The Balaban J connectivity index is 2.66. The molecule has 0 amide bonds. The van der Waals surface area contributed by atoms with Crippen LogP contribution < -0.4 is 5.73 Å². The molecule has 0 saturated carbocycles. The van der Waals surface area contributed by atoms with Gasteiger partial charge in [0.1, 0.15) is 6.04 Å². The molecule has 3 N–H and O–H groups in total. The molecule has 0 aromatic carbocycles. The topological polar surface area (TPSA) is 81.1 Å². The fourth-order valence-electron chi connectivity index (χ4n) is 1.51. The van der Waals surface area contributed by atoms with Crippen molar-refractivity contribution < 1.29 is 9.90 Å². The summed E-state index contributed by atoms with van der Waals surface area (Å²) >= 11 is 5.07. The largest absolute Gasteiger partial charge is 0.480 e. The van der Waals surface area contributed by atoms with E-state index in [-0.39, 0.29) is 0 Å². The predicted octanol–water partition coefficient (Wildman–Crippen LogP) is 1.87. The van der Waals surface area contributed by atoms with Crippen LogP contribution in [-0.4, -0.2) is 32.7 Å². The number of carboxylic acid groups (broad SMARTS) is 1. The van der Waals surface area contributed by atoms with Gasteiger partial charge in [-0.3, -0.25) is 9.48 Å². The molecular formula is C11H18BrN3O2S. The first-order valence-electron chi connectivity index (χ1n) is 5.81. The number of hydrogen-bond donors (Lipinski definition) is 2. The zero-order chi connectivity index (χ0) is 13.7. The average molecular weight is 336 g/mol. The number of hydrogen-bond acceptors (Lipinski definition) is 4. The van der Waals surface area contributed by atoms with Crippen LogP contribution in [0.5, 0.6) is 0 Å². The molecule has 18 heavy (non-hydrogen) atoms. The van der Waals surface area contributed by atoms with Crippen LogP contribution in [-0.2, 0) is 23.5 Å². The fraction of sp³-hybridized carbons (Fsp3) is 0.636. The number of rotatable bonds is 7. The predicted molar refractivity (Wildman–Crippen MR) is 76.8 cm³/mol. The van der Waals surface area contributed by atoms with Crippen LogP contribution in [0.1, 0.15) is 25.2 Å². The van der Waals surface area contributed by atoms with E-state index in [1.54, 1.807) is 0 Å². The number of aromatic nitrogens is 2. The van der Waals surface area contributed by atoms with E-state index in [0.29, 0.717) is 11.5 Å². The van der Waals surface area contributed by atoms with Gasteiger partial charge in [0.05, 0.1) is 15.9 Å². The molecule has 1 aromatic rings. The first-order valence-corrected chi connectivity index (χ1v) is 7.76. The van der Waals surface area contributed by atoms with E-state index in [1.165, 1.54) is 11.8 Å². The van der Waals surface area contributed by atoms with Gasteiger partial charge in [-0.25, -0.2) is 0 Å². The van der Waals surface area contributed by atoms with Gasteiger partial charge >= 0.3 is 5.97 Å². The van der Waals surface area contributed by atoms with Crippen molar-refractivity contribution in [2.45, 2.75) is 38.6 Å². The van der Waals surface area contributed by atoms with E-state index >= 15 is 0 Å². The molecular weight excluding hydrogens is 318 g/mol. The molecule has 1 heterocycles. The Kier molecular flexibility index (Phi) is 6.17. The van der Waals surface area contributed by atoms with Crippen LogP contribution in [0.4, 0.5) is 0 Å². The van der Waals surface area contributed by atoms with E-state index < -0.39 is 12.0 Å². The number of carbonyl (C=O) groups is 1. The van der Waals surface area contributed by atoms with Gasteiger partial charge in [-0.1, -0.05) is 6.92 Å². The molecule has 0 saturated heterocycles. The standard InChI is InChI=1S/C11H18BrN3O2S/c1-3-8-10(12)9(15(4-2)14-8)6-18-5-7(13)11(16)17/h7H,3-6,13H2,1-2H3,(H,16,17)/t7-/m0/s1. The maximum atomic E-state index is 10.6. The van der Waals surface area contributed by atoms with Crippen LogP contribution in [0.15, 0.2) is 4.47 Å². The molecule has 1 aromatic heterocycles. The zero-order valence-corrected chi connectivity index (χ0v) is 12.9. The second-order valence-corrected chi connectivity index (χ2v) is 5.66. The highest BCUT2D eigenvalue weighted by atomic mass is 79.9. The van der Waals surface area contributed by atoms with Crippen LogP contribution in [0.3, 0.4) is 0 Å². The third-order valence-electron chi connectivity index (χ3n) is 2.55. The monoisotopic (exact) mass is 335 g/mol. The Morgan fingerprint density at radius 2 is 2.28 bits per heavy atom. The van der Waals surface area contributed by atoms with E-state index in [1.807, 2.05) is 11.6 Å². The summed E-state index contributed by atoms with van der Waals surface area (Å²) in [4.78, 5) is 10.6. The number of nitrogens with zero attached hydrogens (tertiary/aromatic N) is 2. The molecule has 0 aliphatic heterocycles. The number of carboxylic acids is 1. The van der Waals surface area contributed by atoms with Crippen molar-refractivity contribution in [3.05, 3.63) is 15.9 Å². The summed E-state index contributed by atoms with van der Waals surface area (Å²) in [5, 5.41) is 13.2. The van der Waals surface area contributed by atoms with Gasteiger partial charge in [-0.2, -0.15) is 16.9 Å². The van der Waals surface area contributed by atoms with Gasteiger partial charge in [0.15, 0.2) is 0 Å². The second-order valence-electron chi connectivity index (χ2n) is 3.84. The van der Waals surface area contributed by atoms with E-state index in [9.17, 15) is 4.79 Å². The molecule has 0 spiro atoms. The molecule has 0 bridgehead atoms. The average Bonchev–Trinajstić information content (AvgIpc) is 2.65. The Morgan fingerprint density at radius 3 is 2.78 bits per heavy atom. The number of halogens is 1. The molecule has 1 rings (SSSR count). The lowest BCUT2D eigenvalue weighted by Crippen LogP contribution is -2.32. The minimum Gasteiger partial charge on any atom is -0.480 e. The molecule has 1 atom stereocenters. The highest BCUT2D eigenvalue weighted by Gasteiger charge is 2.16. The third kappa shape index (κ3) is 3.73. The van der Waals surface area contributed by atoms with Crippen molar-refractivity contribution in [2.24, 2.45) is 5.73 Å². The van der Waals surface area contributed by atoms with Crippen LogP contribution in [0.25, 0.3) is 0 Å². The van der Waals surface area contributed by atoms with Gasteiger partial charge in [0.2, 0.25) is 0 Å². The zero-order valence-electron chi connectivity index (χ0n) is 10.5. The lowest BCUT2D eigenvalue weighted by molar-refractivity contribution is -0.137. The third-order valence-corrected chi connectivity index (χ3v) is 4.54. The minimum absolute atomic E-state index is 0.401. The number of thioether (sulfide) groups is 1. The summed E-state index contributed by atoms with van der Waals surface area (Å²) in [6.07, 6.45) is 0.875. The maximum absolute atomic E-state index is 10.6. The van der Waals surface area contributed by atoms with Crippen molar-refractivity contribution >= 4 is 33.7 Å². The summed E-state index contributed by atoms with van der Waals surface area (Å²) in [6, 6.07) is -0.808. The summed E-state index contributed by atoms with van der Waals surface area (Å²) in [6.45, 7) is 4.90. The summed E-state index contributed by atoms with van der Waals surface area (Å²) in [5.41, 5.74) is 7.60. The fourth-order valence-corrected chi connectivity index (χ4v) is 3.40. The Labute approximate surface area is 119 Å². The second kappa shape index (κ2) is 7.16. The van der Waals surface area contributed by atoms with Crippen molar-refractivity contribution in [2.75, 3.05) is 5.75 Å². The Bertz CT molecular complexity index is 423. The minimum atomic E-state index is -0.959.